The van der Waals surface area contributed by atoms with Gasteiger partial charge in [-0.25, -0.2) is 13.2 Å². The Morgan fingerprint density at radius 3 is 2.34 bits per heavy atom. The van der Waals surface area contributed by atoms with Crippen LogP contribution in [0.15, 0.2) is 66.2 Å². The van der Waals surface area contributed by atoms with E-state index >= 15 is 0 Å². The summed E-state index contributed by atoms with van der Waals surface area (Å²) in [6.07, 6.45) is 3.75. The van der Waals surface area contributed by atoms with Crippen molar-refractivity contribution in [1.82, 2.24) is 15.1 Å². The van der Waals surface area contributed by atoms with Crippen molar-refractivity contribution in [3.05, 3.63) is 106 Å². The summed E-state index contributed by atoms with van der Waals surface area (Å²) in [6, 6.07) is 15.1. The van der Waals surface area contributed by atoms with E-state index < -0.39 is 35.2 Å². The number of hydrogen-bond donors (Lipinski definition) is 2. The first kappa shape index (κ1) is 35.1. The number of fused-ring (bicyclic) bond motifs is 2. The van der Waals surface area contributed by atoms with Gasteiger partial charge in [0.15, 0.2) is 17.4 Å². The quantitative estimate of drug-likeness (QED) is 0.133. The number of piperazine rings is 1. The van der Waals surface area contributed by atoms with Crippen molar-refractivity contribution in [2.45, 2.75) is 76.0 Å². The molecule has 2 aliphatic heterocycles. The first-order valence-corrected chi connectivity index (χ1v) is 17.0. The molecular weight excluding hydrogens is 652 g/mol. The van der Waals surface area contributed by atoms with E-state index in [1.807, 2.05) is 24.3 Å². The molecule has 2 bridgehead atoms. The number of amides is 3. The number of benzene rings is 3. The van der Waals surface area contributed by atoms with Crippen LogP contribution in [0.25, 0.3) is 5.57 Å². The van der Waals surface area contributed by atoms with Gasteiger partial charge in [-0.3, -0.25) is 14.4 Å². The maximum absolute atomic E-state index is 14.8. The highest BCUT2D eigenvalue weighted by Gasteiger charge is 2.43. The summed E-state index contributed by atoms with van der Waals surface area (Å²) in [5.74, 6) is -5.37. The molecule has 0 spiro atoms. The zero-order chi connectivity index (χ0) is 35.4. The molecule has 50 heavy (non-hydrogen) atoms. The lowest BCUT2D eigenvalue weighted by Crippen LogP contribution is -2.62. The van der Waals surface area contributed by atoms with E-state index in [9.17, 15) is 31.9 Å². The number of nitrogens with one attached hydrogen (secondary N) is 1. The van der Waals surface area contributed by atoms with Gasteiger partial charge in [0.05, 0.1) is 12.6 Å². The Labute approximate surface area is 288 Å². The van der Waals surface area contributed by atoms with Gasteiger partial charge in [0, 0.05) is 55.7 Å². The van der Waals surface area contributed by atoms with Crippen molar-refractivity contribution in [2.75, 3.05) is 19.7 Å². The molecule has 0 unspecified atom stereocenters. The van der Waals surface area contributed by atoms with Crippen molar-refractivity contribution >= 4 is 23.3 Å². The fourth-order valence-corrected chi connectivity index (χ4v) is 6.82. The Hall–Kier alpha value is -4.71. The van der Waals surface area contributed by atoms with Gasteiger partial charge in [-0.15, -0.1) is 0 Å². The van der Waals surface area contributed by atoms with Gasteiger partial charge in [-0.2, -0.15) is 4.39 Å². The SMILES string of the molecule is NC(=O)CCCC(=O)N1C[C@H]2CC(c3ccc(CCCOc4c(F)ccc(F)c4F)cc3)=C(C(=O)N(Cc3ccccc3F)C3CC3)[C@@H](C1)N2. The predicted molar refractivity (Wildman–Crippen MR) is 178 cm³/mol. The van der Waals surface area contributed by atoms with Crippen LogP contribution in [0.1, 0.15) is 61.6 Å². The van der Waals surface area contributed by atoms with E-state index in [1.165, 1.54) is 6.07 Å². The second-order valence-corrected chi connectivity index (χ2v) is 13.2. The summed E-state index contributed by atoms with van der Waals surface area (Å²) in [7, 11) is 0. The lowest BCUT2D eigenvalue weighted by molar-refractivity contribution is -0.134. The monoisotopic (exact) mass is 692 g/mol. The highest BCUT2D eigenvalue weighted by molar-refractivity contribution is 6.03. The number of ether oxygens (including phenoxy) is 1. The maximum Gasteiger partial charge on any atom is 0.252 e. The molecule has 0 radical (unpaired) electrons. The summed E-state index contributed by atoms with van der Waals surface area (Å²) in [5, 5.41) is 3.56. The Morgan fingerprint density at radius 1 is 0.880 bits per heavy atom. The smallest absolute Gasteiger partial charge is 0.252 e. The minimum absolute atomic E-state index is 0.0115. The van der Waals surface area contributed by atoms with E-state index in [0.29, 0.717) is 49.4 Å². The molecule has 2 atom stereocenters. The molecule has 1 saturated carbocycles. The van der Waals surface area contributed by atoms with Crippen molar-refractivity contribution < 1.29 is 36.7 Å². The number of nitrogens with zero attached hydrogens (tertiary/aromatic N) is 2. The molecule has 12 heteroatoms. The number of nitrogens with two attached hydrogens (primary N) is 1. The summed E-state index contributed by atoms with van der Waals surface area (Å²) < 4.78 is 61.3. The zero-order valence-electron chi connectivity index (χ0n) is 27.6. The van der Waals surface area contributed by atoms with Crippen LogP contribution in [0.2, 0.25) is 0 Å². The lowest BCUT2D eigenvalue weighted by Gasteiger charge is -2.45. The van der Waals surface area contributed by atoms with Gasteiger partial charge in [-0.05, 0) is 73.4 Å². The number of carbonyl (C=O) groups excluding carboxylic acids is 3. The van der Waals surface area contributed by atoms with E-state index in [0.717, 1.165) is 35.6 Å². The topological polar surface area (TPSA) is 105 Å². The molecule has 1 aliphatic carbocycles. The first-order valence-electron chi connectivity index (χ1n) is 17.0. The molecule has 2 heterocycles. The van der Waals surface area contributed by atoms with Gasteiger partial charge in [-0.1, -0.05) is 42.5 Å². The summed E-state index contributed by atoms with van der Waals surface area (Å²) in [4.78, 5) is 42.5. The largest absolute Gasteiger partial charge is 0.488 e. The number of aryl methyl sites for hydroxylation is 1. The number of rotatable bonds is 14. The van der Waals surface area contributed by atoms with Crippen molar-refractivity contribution in [3.8, 4) is 5.75 Å². The second kappa shape index (κ2) is 15.5. The van der Waals surface area contributed by atoms with Gasteiger partial charge >= 0.3 is 0 Å². The number of hydrogen-bond acceptors (Lipinski definition) is 5. The van der Waals surface area contributed by atoms with Crippen LogP contribution in [0, 0.1) is 23.3 Å². The first-order chi connectivity index (χ1) is 24.1. The van der Waals surface area contributed by atoms with Gasteiger partial charge in [0.25, 0.3) is 5.91 Å². The van der Waals surface area contributed by atoms with Crippen LogP contribution in [-0.2, 0) is 27.3 Å². The molecular formula is C38H40F4N4O4. The van der Waals surface area contributed by atoms with Gasteiger partial charge < -0.3 is 25.6 Å². The average molecular weight is 693 g/mol. The zero-order valence-corrected chi connectivity index (χ0v) is 27.6. The molecule has 3 aliphatic rings. The minimum atomic E-state index is -1.36. The molecule has 0 aromatic heterocycles. The molecule has 3 aromatic carbocycles. The Kier molecular flexibility index (Phi) is 10.9. The third-order valence-electron chi connectivity index (χ3n) is 9.51. The molecule has 3 aromatic rings. The fourth-order valence-electron chi connectivity index (χ4n) is 6.82. The normalized spacial score (nSPS) is 18.6. The molecule has 8 nitrogen and oxygen atoms in total. The number of primary amides is 1. The van der Waals surface area contributed by atoms with Crippen LogP contribution in [0.5, 0.6) is 5.75 Å². The van der Waals surface area contributed by atoms with Crippen LogP contribution >= 0.6 is 0 Å². The number of halogens is 4. The molecule has 3 N–H and O–H groups in total. The fraction of sp³-hybridized carbons (Fsp3) is 0.395. The third-order valence-corrected chi connectivity index (χ3v) is 9.51. The van der Waals surface area contributed by atoms with Crippen LogP contribution in [-0.4, -0.2) is 65.3 Å². The predicted octanol–water partition coefficient (Wildman–Crippen LogP) is 5.43. The van der Waals surface area contributed by atoms with Crippen LogP contribution < -0.4 is 15.8 Å². The summed E-state index contributed by atoms with van der Waals surface area (Å²) in [6.45, 7) is 0.834. The standard InChI is InChI=1S/C38H40F4N4O4/c39-29-7-2-1-6-25(29)20-46(27-14-15-27)38(49)35-28(19-26-21-45(22-32(35)44-26)34(48)9-3-8-33(43)47)24-12-10-23(11-13-24)5-4-18-50-37-31(41)17-16-30(40)36(37)42/h1-2,6-7,10-13,16-17,26-27,32,44H,3-5,8-9,14-15,18-22H2,(H2,43,47)/t26-,32-/m1/s1. The lowest BCUT2D eigenvalue weighted by atomic mass is 9.82. The second-order valence-electron chi connectivity index (χ2n) is 13.2. The molecule has 3 amide bonds. The van der Waals surface area contributed by atoms with E-state index in [4.69, 9.17) is 10.5 Å². The van der Waals surface area contributed by atoms with E-state index in [1.54, 1.807) is 28.0 Å². The minimum Gasteiger partial charge on any atom is -0.488 e. The molecule has 6 rings (SSSR count). The van der Waals surface area contributed by atoms with Crippen LogP contribution in [0.4, 0.5) is 17.6 Å². The molecule has 1 saturated heterocycles. The Morgan fingerprint density at radius 2 is 1.62 bits per heavy atom. The van der Waals surface area contributed by atoms with E-state index in [-0.39, 0.29) is 62.3 Å². The Balaban J connectivity index is 1.22. The molecule has 2 fully saturated rings. The maximum atomic E-state index is 14.8. The highest BCUT2D eigenvalue weighted by Crippen LogP contribution is 2.38. The van der Waals surface area contributed by atoms with E-state index in [2.05, 4.69) is 5.32 Å². The van der Waals surface area contributed by atoms with Crippen LogP contribution in [0.3, 0.4) is 0 Å². The highest BCUT2D eigenvalue weighted by atomic mass is 19.2. The van der Waals surface area contributed by atoms with Crippen molar-refractivity contribution in [2.24, 2.45) is 5.73 Å². The summed E-state index contributed by atoms with van der Waals surface area (Å²) in [5.41, 5.74) is 8.92. The Bertz CT molecular complexity index is 1780. The third kappa shape index (κ3) is 8.18. The molecule has 264 valence electrons. The van der Waals surface area contributed by atoms with Crippen molar-refractivity contribution in [3.63, 3.8) is 0 Å². The summed E-state index contributed by atoms with van der Waals surface area (Å²) >= 11 is 0. The van der Waals surface area contributed by atoms with Gasteiger partial charge in [0.1, 0.15) is 5.82 Å². The average Bonchev–Trinajstić information content (AvgIpc) is 3.94. The number of carbonyl (C=O) groups is 3. The van der Waals surface area contributed by atoms with Gasteiger partial charge in [0.2, 0.25) is 17.6 Å². The van der Waals surface area contributed by atoms with Crippen molar-refractivity contribution in [1.29, 1.82) is 0 Å².